The predicted molar refractivity (Wildman–Crippen MR) is 84.6 cm³/mol. The van der Waals surface area contributed by atoms with Gasteiger partial charge in [-0.15, -0.1) is 0 Å². The lowest BCUT2D eigenvalue weighted by molar-refractivity contribution is 0.343. The Kier molecular flexibility index (Phi) is 7.79. The van der Waals surface area contributed by atoms with Crippen molar-refractivity contribution in [2.45, 2.75) is 32.7 Å². The molecule has 0 saturated carbocycles. The molecule has 0 aliphatic rings. The fraction of sp³-hybridized carbons (Fsp3) is 0.571. The van der Waals surface area contributed by atoms with Crippen molar-refractivity contribution in [3.05, 3.63) is 28.2 Å². The average Bonchev–Trinajstić information content (AvgIpc) is 2.38. The first kappa shape index (κ1) is 15.9. The lowest BCUT2D eigenvalue weighted by Gasteiger charge is -2.12. The SMILES string of the molecule is CCSCCOc1ccc(Br)c(CC(N)CC)c1. The van der Waals surface area contributed by atoms with Gasteiger partial charge >= 0.3 is 0 Å². The van der Waals surface area contributed by atoms with Crippen molar-refractivity contribution in [2.24, 2.45) is 5.73 Å². The normalized spacial score (nSPS) is 12.4. The molecule has 1 aromatic carbocycles. The highest BCUT2D eigenvalue weighted by Gasteiger charge is 2.07. The van der Waals surface area contributed by atoms with E-state index in [-0.39, 0.29) is 6.04 Å². The van der Waals surface area contributed by atoms with Crippen molar-refractivity contribution < 1.29 is 4.74 Å². The Hall–Kier alpha value is -0.190. The van der Waals surface area contributed by atoms with Gasteiger partial charge in [0.05, 0.1) is 6.61 Å². The second-order valence-corrected chi connectivity index (χ2v) is 6.42. The summed E-state index contributed by atoms with van der Waals surface area (Å²) in [6.07, 6.45) is 1.88. The fourth-order valence-corrected chi connectivity index (χ4v) is 2.49. The lowest BCUT2D eigenvalue weighted by atomic mass is 10.0. The van der Waals surface area contributed by atoms with Crippen molar-refractivity contribution in [1.82, 2.24) is 0 Å². The molecule has 1 atom stereocenters. The van der Waals surface area contributed by atoms with E-state index in [1.807, 2.05) is 23.9 Å². The van der Waals surface area contributed by atoms with Crippen LogP contribution in [0.1, 0.15) is 25.8 Å². The number of benzene rings is 1. The van der Waals surface area contributed by atoms with Gasteiger partial charge in [-0.25, -0.2) is 0 Å². The Balaban J connectivity index is 2.57. The molecule has 1 aromatic rings. The van der Waals surface area contributed by atoms with Gasteiger partial charge in [-0.05, 0) is 42.4 Å². The summed E-state index contributed by atoms with van der Waals surface area (Å²) >= 11 is 5.46. The summed E-state index contributed by atoms with van der Waals surface area (Å²) in [5.41, 5.74) is 7.23. The predicted octanol–water partition coefficient (Wildman–Crippen LogP) is 3.86. The summed E-state index contributed by atoms with van der Waals surface area (Å²) in [5, 5.41) is 0. The van der Waals surface area contributed by atoms with Crippen LogP contribution in [0.25, 0.3) is 0 Å². The molecule has 0 aliphatic carbocycles. The molecule has 4 heteroatoms. The van der Waals surface area contributed by atoms with Gasteiger partial charge in [0.1, 0.15) is 5.75 Å². The molecule has 0 fully saturated rings. The molecular weight excluding hydrogens is 310 g/mol. The quantitative estimate of drug-likeness (QED) is 0.734. The van der Waals surface area contributed by atoms with Crippen LogP contribution in [0.15, 0.2) is 22.7 Å². The number of nitrogens with two attached hydrogens (primary N) is 1. The summed E-state index contributed by atoms with van der Waals surface area (Å²) in [5.74, 6) is 3.12. The van der Waals surface area contributed by atoms with Crippen LogP contribution < -0.4 is 10.5 Å². The molecule has 0 bridgehead atoms. The van der Waals surface area contributed by atoms with E-state index in [9.17, 15) is 0 Å². The van der Waals surface area contributed by atoms with E-state index in [4.69, 9.17) is 10.5 Å². The molecule has 2 N–H and O–H groups in total. The Morgan fingerprint density at radius 2 is 2.17 bits per heavy atom. The lowest BCUT2D eigenvalue weighted by Crippen LogP contribution is -2.21. The van der Waals surface area contributed by atoms with E-state index < -0.39 is 0 Å². The van der Waals surface area contributed by atoms with Crippen LogP contribution in [0.4, 0.5) is 0 Å². The van der Waals surface area contributed by atoms with Crippen LogP contribution in [-0.2, 0) is 6.42 Å². The van der Waals surface area contributed by atoms with Gasteiger partial charge < -0.3 is 10.5 Å². The number of halogens is 1. The van der Waals surface area contributed by atoms with Gasteiger partial charge in [-0.1, -0.05) is 29.8 Å². The van der Waals surface area contributed by atoms with E-state index in [0.29, 0.717) is 0 Å². The summed E-state index contributed by atoms with van der Waals surface area (Å²) in [6, 6.07) is 6.35. The maximum absolute atomic E-state index is 6.00. The van der Waals surface area contributed by atoms with Crippen molar-refractivity contribution in [3.63, 3.8) is 0 Å². The fourth-order valence-electron chi connectivity index (χ4n) is 1.59. The molecule has 1 unspecified atom stereocenters. The Morgan fingerprint density at radius 3 is 2.83 bits per heavy atom. The third-order valence-corrected chi connectivity index (χ3v) is 4.36. The molecule has 0 aliphatic heterocycles. The number of hydrogen-bond donors (Lipinski definition) is 1. The van der Waals surface area contributed by atoms with Gasteiger partial charge in [-0.2, -0.15) is 11.8 Å². The zero-order valence-electron chi connectivity index (χ0n) is 11.1. The number of ether oxygens (including phenoxy) is 1. The molecule has 0 amide bonds. The molecule has 0 spiro atoms. The minimum Gasteiger partial charge on any atom is -0.493 e. The maximum Gasteiger partial charge on any atom is 0.119 e. The van der Waals surface area contributed by atoms with Gasteiger partial charge in [0.2, 0.25) is 0 Å². The Bertz CT molecular complexity index is 360. The van der Waals surface area contributed by atoms with Crippen molar-refractivity contribution in [2.75, 3.05) is 18.1 Å². The van der Waals surface area contributed by atoms with E-state index in [0.717, 1.165) is 41.2 Å². The third kappa shape index (κ3) is 5.63. The number of hydrogen-bond acceptors (Lipinski definition) is 3. The molecule has 0 radical (unpaired) electrons. The largest absolute Gasteiger partial charge is 0.493 e. The zero-order valence-corrected chi connectivity index (χ0v) is 13.5. The molecule has 0 heterocycles. The monoisotopic (exact) mass is 331 g/mol. The van der Waals surface area contributed by atoms with Gasteiger partial charge in [0, 0.05) is 16.3 Å². The van der Waals surface area contributed by atoms with Crippen LogP contribution in [-0.4, -0.2) is 24.2 Å². The number of rotatable bonds is 8. The molecule has 2 nitrogen and oxygen atoms in total. The van der Waals surface area contributed by atoms with Crippen LogP contribution in [0.2, 0.25) is 0 Å². The van der Waals surface area contributed by atoms with Gasteiger partial charge in [0.25, 0.3) is 0 Å². The van der Waals surface area contributed by atoms with E-state index in [2.05, 4.69) is 35.8 Å². The summed E-state index contributed by atoms with van der Waals surface area (Å²) in [7, 11) is 0. The third-order valence-electron chi connectivity index (χ3n) is 2.72. The minimum absolute atomic E-state index is 0.215. The van der Waals surface area contributed by atoms with Crippen LogP contribution in [0.3, 0.4) is 0 Å². The van der Waals surface area contributed by atoms with Gasteiger partial charge in [-0.3, -0.25) is 0 Å². The summed E-state index contributed by atoms with van der Waals surface area (Å²) < 4.78 is 6.85. The van der Waals surface area contributed by atoms with E-state index >= 15 is 0 Å². The first-order valence-corrected chi connectivity index (χ1v) is 8.36. The molecule has 18 heavy (non-hydrogen) atoms. The minimum atomic E-state index is 0.215. The first-order valence-electron chi connectivity index (χ1n) is 6.41. The highest BCUT2D eigenvalue weighted by Crippen LogP contribution is 2.24. The Labute approximate surface area is 123 Å². The highest BCUT2D eigenvalue weighted by molar-refractivity contribution is 9.10. The van der Waals surface area contributed by atoms with Crippen molar-refractivity contribution >= 4 is 27.7 Å². The topological polar surface area (TPSA) is 35.2 Å². The van der Waals surface area contributed by atoms with E-state index in [1.165, 1.54) is 5.56 Å². The first-order chi connectivity index (χ1) is 8.67. The average molecular weight is 332 g/mol. The second-order valence-electron chi connectivity index (χ2n) is 4.17. The molecule has 0 aromatic heterocycles. The maximum atomic E-state index is 6.00. The van der Waals surface area contributed by atoms with Crippen LogP contribution in [0, 0.1) is 0 Å². The van der Waals surface area contributed by atoms with Crippen molar-refractivity contribution in [3.8, 4) is 5.75 Å². The Morgan fingerprint density at radius 1 is 1.39 bits per heavy atom. The zero-order chi connectivity index (χ0) is 13.4. The highest BCUT2D eigenvalue weighted by atomic mass is 79.9. The smallest absolute Gasteiger partial charge is 0.119 e. The standard InChI is InChI=1S/C14H22BrNOS/c1-3-12(16)9-11-10-13(5-6-14(11)15)17-7-8-18-4-2/h5-6,10,12H,3-4,7-9,16H2,1-2H3. The van der Waals surface area contributed by atoms with Crippen molar-refractivity contribution in [1.29, 1.82) is 0 Å². The molecule has 102 valence electrons. The molecular formula is C14H22BrNOS. The van der Waals surface area contributed by atoms with Gasteiger partial charge in [0.15, 0.2) is 0 Å². The van der Waals surface area contributed by atoms with Crippen LogP contribution in [0.5, 0.6) is 5.75 Å². The van der Waals surface area contributed by atoms with Crippen LogP contribution >= 0.6 is 27.7 Å². The molecule has 0 saturated heterocycles. The summed E-state index contributed by atoms with van der Waals surface area (Å²) in [6.45, 7) is 5.04. The summed E-state index contributed by atoms with van der Waals surface area (Å²) in [4.78, 5) is 0. The molecule has 1 rings (SSSR count). The second kappa shape index (κ2) is 8.83. The number of thioether (sulfide) groups is 1. The van der Waals surface area contributed by atoms with E-state index in [1.54, 1.807) is 0 Å².